The molecule has 0 radical (unpaired) electrons. The van der Waals surface area contributed by atoms with Gasteiger partial charge < -0.3 is 14.3 Å². The summed E-state index contributed by atoms with van der Waals surface area (Å²) in [7, 11) is 4.11. The fourth-order valence-corrected chi connectivity index (χ4v) is 3.82. The Kier molecular flexibility index (Phi) is 4.54. The first kappa shape index (κ1) is 14.9. The summed E-state index contributed by atoms with van der Waals surface area (Å²) < 4.78 is 5.33. The van der Waals surface area contributed by atoms with Gasteiger partial charge >= 0.3 is 0 Å². The van der Waals surface area contributed by atoms with Crippen LogP contribution in [0, 0.1) is 0 Å². The number of hydrogen-bond acceptors (Lipinski definition) is 5. The highest BCUT2D eigenvalue weighted by atomic mass is 32.2. The van der Waals surface area contributed by atoms with Gasteiger partial charge in [0.15, 0.2) is 5.69 Å². The van der Waals surface area contributed by atoms with Crippen LogP contribution in [0.25, 0.3) is 0 Å². The van der Waals surface area contributed by atoms with Crippen LogP contribution in [0.5, 0.6) is 0 Å². The summed E-state index contributed by atoms with van der Waals surface area (Å²) in [5.41, 5.74) is 0.479. The number of rotatable bonds is 4. The van der Waals surface area contributed by atoms with Crippen LogP contribution < -0.4 is 0 Å². The lowest BCUT2D eigenvalue weighted by atomic mass is 10.2. The molecule has 6 heteroatoms. The second kappa shape index (κ2) is 6.40. The first-order valence-electron chi connectivity index (χ1n) is 7.65. The monoisotopic (exact) mass is 309 g/mol. The van der Waals surface area contributed by atoms with Crippen LogP contribution in [0.15, 0.2) is 10.6 Å². The lowest BCUT2D eigenvalue weighted by Crippen LogP contribution is -2.46. The maximum atomic E-state index is 12.8. The number of carbonyl (C=O) groups excluding carboxylic acids is 1. The number of amides is 1. The molecule has 1 atom stereocenters. The lowest BCUT2D eigenvalue weighted by Gasteiger charge is -2.31. The van der Waals surface area contributed by atoms with Crippen molar-refractivity contribution >= 4 is 17.7 Å². The zero-order chi connectivity index (χ0) is 14.8. The summed E-state index contributed by atoms with van der Waals surface area (Å²) in [6.45, 7) is 1.71. The topological polar surface area (TPSA) is 49.6 Å². The maximum absolute atomic E-state index is 12.8. The molecule has 21 heavy (non-hydrogen) atoms. The van der Waals surface area contributed by atoms with Crippen LogP contribution in [0.4, 0.5) is 0 Å². The van der Waals surface area contributed by atoms with Gasteiger partial charge in [-0.15, -0.1) is 0 Å². The number of nitrogens with zero attached hydrogens (tertiary/aromatic N) is 3. The van der Waals surface area contributed by atoms with Gasteiger partial charge in [0.1, 0.15) is 5.76 Å². The standard InChI is InChI=1S/C15H23N3O2S/c1-17(2)9-12-10-21-7-3-6-18(12)15(19)13-8-14(20-16-13)11-4-5-11/h8,11-12H,3-7,9-10H2,1-2H3. The number of likely N-dealkylation sites (N-methyl/N-ethyl adjacent to an activating group) is 1. The Bertz CT molecular complexity index is 499. The molecule has 0 bridgehead atoms. The van der Waals surface area contributed by atoms with Crippen molar-refractivity contribution in [3.05, 3.63) is 17.5 Å². The van der Waals surface area contributed by atoms with Crippen LogP contribution in [0.2, 0.25) is 0 Å². The first-order chi connectivity index (χ1) is 10.1. The van der Waals surface area contributed by atoms with Crippen molar-refractivity contribution in [2.75, 3.05) is 38.7 Å². The molecule has 2 aliphatic rings. The van der Waals surface area contributed by atoms with Crippen molar-refractivity contribution in [2.45, 2.75) is 31.2 Å². The Morgan fingerprint density at radius 1 is 1.52 bits per heavy atom. The average molecular weight is 309 g/mol. The van der Waals surface area contributed by atoms with Gasteiger partial charge in [-0.1, -0.05) is 5.16 Å². The molecule has 0 spiro atoms. The van der Waals surface area contributed by atoms with Gasteiger partial charge in [0.25, 0.3) is 5.91 Å². The van der Waals surface area contributed by atoms with E-state index in [1.165, 1.54) is 0 Å². The van der Waals surface area contributed by atoms with Crippen molar-refractivity contribution in [2.24, 2.45) is 0 Å². The van der Waals surface area contributed by atoms with E-state index in [1.807, 2.05) is 22.7 Å². The molecule has 1 amide bonds. The van der Waals surface area contributed by atoms with E-state index in [1.54, 1.807) is 0 Å². The minimum atomic E-state index is 0.0278. The largest absolute Gasteiger partial charge is 0.360 e. The van der Waals surface area contributed by atoms with E-state index >= 15 is 0 Å². The molecule has 1 saturated carbocycles. The SMILES string of the molecule is CN(C)CC1CSCCCN1C(=O)c1cc(C2CC2)on1. The first-order valence-corrected chi connectivity index (χ1v) is 8.80. The van der Waals surface area contributed by atoms with E-state index in [9.17, 15) is 4.79 Å². The normalized spacial score (nSPS) is 23.4. The smallest absolute Gasteiger partial charge is 0.276 e. The van der Waals surface area contributed by atoms with E-state index in [4.69, 9.17) is 4.52 Å². The van der Waals surface area contributed by atoms with Crippen molar-refractivity contribution in [1.82, 2.24) is 15.0 Å². The Labute approximate surface area is 130 Å². The zero-order valence-corrected chi connectivity index (χ0v) is 13.6. The molecule has 1 aliphatic heterocycles. The molecule has 0 N–H and O–H groups in total. The minimum Gasteiger partial charge on any atom is -0.360 e. The van der Waals surface area contributed by atoms with Gasteiger partial charge in [0, 0.05) is 30.8 Å². The van der Waals surface area contributed by atoms with Crippen LogP contribution in [0.1, 0.15) is 41.4 Å². The molecular weight excluding hydrogens is 286 g/mol. The predicted molar refractivity (Wildman–Crippen MR) is 83.8 cm³/mol. The second-order valence-corrected chi connectivity index (χ2v) is 7.38. The third-order valence-corrected chi connectivity index (χ3v) is 5.20. The molecule has 1 saturated heterocycles. The van der Waals surface area contributed by atoms with Crippen molar-refractivity contribution < 1.29 is 9.32 Å². The van der Waals surface area contributed by atoms with E-state index in [-0.39, 0.29) is 11.9 Å². The summed E-state index contributed by atoms with van der Waals surface area (Å²) >= 11 is 1.94. The molecule has 1 aromatic heterocycles. The zero-order valence-electron chi connectivity index (χ0n) is 12.7. The van der Waals surface area contributed by atoms with Gasteiger partial charge in [0.05, 0.1) is 6.04 Å². The number of carbonyl (C=O) groups is 1. The summed E-state index contributed by atoms with van der Waals surface area (Å²) in [6.07, 6.45) is 3.37. The van der Waals surface area contributed by atoms with Gasteiger partial charge in [-0.2, -0.15) is 11.8 Å². The van der Waals surface area contributed by atoms with Crippen molar-refractivity contribution in [3.8, 4) is 0 Å². The van der Waals surface area contributed by atoms with Gasteiger partial charge in [-0.3, -0.25) is 4.79 Å². The molecule has 116 valence electrons. The Morgan fingerprint density at radius 3 is 3.05 bits per heavy atom. The molecule has 1 aromatic rings. The average Bonchev–Trinajstić information content (AvgIpc) is 3.22. The fourth-order valence-electron chi connectivity index (χ4n) is 2.77. The second-order valence-electron chi connectivity index (χ2n) is 6.23. The quantitative estimate of drug-likeness (QED) is 0.852. The maximum Gasteiger partial charge on any atom is 0.276 e. The Balaban J connectivity index is 1.74. The number of hydrogen-bond donors (Lipinski definition) is 0. The molecule has 3 rings (SSSR count). The highest BCUT2D eigenvalue weighted by Crippen LogP contribution is 2.40. The summed E-state index contributed by atoms with van der Waals surface area (Å²) in [5.74, 6) is 3.53. The number of thioether (sulfide) groups is 1. The third kappa shape index (κ3) is 3.61. The Morgan fingerprint density at radius 2 is 2.33 bits per heavy atom. The summed E-state index contributed by atoms with van der Waals surface area (Å²) in [5, 5.41) is 4.01. The highest BCUT2D eigenvalue weighted by Gasteiger charge is 2.32. The van der Waals surface area contributed by atoms with Gasteiger partial charge in [0.2, 0.25) is 0 Å². The molecule has 2 fully saturated rings. The van der Waals surface area contributed by atoms with Crippen LogP contribution >= 0.6 is 11.8 Å². The molecular formula is C15H23N3O2S. The fraction of sp³-hybridized carbons (Fsp3) is 0.733. The Hall–Kier alpha value is -1.01. The molecule has 1 aliphatic carbocycles. The van der Waals surface area contributed by atoms with Crippen LogP contribution in [-0.2, 0) is 0 Å². The van der Waals surface area contributed by atoms with Crippen LogP contribution in [-0.4, -0.2) is 65.6 Å². The van der Waals surface area contributed by atoms with E-state index in [2.05, 4.69) is 24.2 Å². The molecule has 5 nitrogen and oxygen atoms in total. The molecule has 0 aromatic carbocycles. The molecule has 2 heterocycles. The predicted octanol–water partition coefficient (Wildman–Crippen LogP) is 2.06. The minimum absolute atomic E-state index is 0.0278. The van der Waals surface area contributed by atoms with Gasteiger partial charge in [-0.25, -0.2) is 0 Å². The lowest BCUT2D eigenvalue weighted by molar-refractivity contribution is 0.0665. The summed E-state index contributed by atoms with van der Waals surface area (Å²) in [4.78, 5) is 16.9. The van der Waals surface area contributed by atoms with Crippen molar-refractivity contribution in [3.63, 3.8) is 0 Å². The van der Waals surface area contributed by atoms with Crippen LogP contribution in [0.3, 0.4) is 0 Å². The third-order valence-electron chi connectivity index (χ3n) is 4.00. The van der Waals surface area contributed by atoms with E-state index in [0.29, 0.717) is 11.6 Å². The van der Waals surface area contributed by atoms with E-state index < -0.39 is 0 Å². The summed E-state index contributed by atoms with van der Waals surface area (Å²) in [6, 6.07) is 2.10. The molecule has 1 unspecified atom stereocenters. The van der Waals surface area contributed by atoms with Crippen molar-refractivity contribution in [1.29, 1.82) is 0 Å². The highest BCUT2D eigenvalue weighted by molar-refractivity contribution is 7.99. The number of aromatic nitrogens is 1. The van der Waals surface area contributed by atoms with E-state index in [0.717, 1.165) is 49.6 Å². The van der Waals surface area contributed by atoms with Gasteiger partial charge in [-0.05, 0) is 39.1 Å².